The number of anilines is 1. The van der Waals surface area contributed by atoms with E-state index in [1.807, 2.05) is 25.1 Å². The molecule has 7 nitrogen and oxygen atoms in total. The number of carbonyl (C=O) groups is 1. The van der Waals surface area contributed by atoms with Crippen molar-refractivity contribution < 1.29 is 9.53 Å². The fourth-order valence-electron chi connectivity index (χ4n) is 4.18. The van der Waals surface area contributed by atoms with Crippen molar-refractivity contribution in [3.05, 3.63) is 57.5 Å². The van der Waals surface area contributed by atoms with Crippen molar-refractivity contribution in [3.63, 3.8) is 0 Å². The number of nitrogens with zero attached hydrogens (tertiary/aromatic N) is 3. The van der Waals surface area contributed by atoms with Gasteiger partial charge in [-0.25, -0.2) is 4.98 Å². The summed E-state index contributed by atoms with van der Waals surface area (Å²) < 4.78 is 5.13. The standard InChI is InChI=1S/C22H28N4O3/c1-2-29-21(28)17-8-12-26(13-9-17)22-23-19-10-11-25(15-18(19)20(27)24-22)14-16-6-4-3-5-7-16/h3-7,17H,2,8-15H2,1H3,(H,23,24,27). The highest BCUT2D eigenvalue weighted by Crippen LogP contribution is 2.23. The molecular weight excluding hydrogens is 368 g/mol. The van der Waals surface area contributed by atoms with Crippen molar-refractivity contribution in [3.8, 4) is 0 Å². The molecule has 0 aliphatic carbocycles. The van der Waals surface area contributed by atoms with Gasteiger partial charge < -0.3 is 9.64 Å². The van der Waals surface area contributed by atoms with Crippen LogP contribution in [0.3, 0.4) is 0 Å². The summed E-state index contributed by atoms with van der Waals surface area (Å²) >= 11 is 0. The van der Waals surface area contributed by atoms with Gasteiger partial charge in [-0.3, -0.25) is 19.5 Å². The Kier molecular flexibility index (Phi) is 5.94. The number of hydrogen-bond donors (Lipinski definition) is 1. The molecule has 29 heavy (non-hydrogen) atoms. The number of rotatable bonds is 5. The molecule has 0 atom stereocenters. The first kappa shape index (κ1) is 19.6. The second-order valence-corrected chi connectivity index (χ2v) is 7.77. The molecule has 0 saturated carbocycles. The summed E-state index contributed by atoms with van der Waals surface area (Å²) in [7, 11) is 0. The van der Waals surface area contributed by atoms with E-state index in [1.54, 1.807) is 0 Å². The Morgan fingerprint density at radius 1 is 1.21 bits per heavy atom. The van der Waals surface area contributed by atoms with E-state index in [-0.39, 0.29) is 17.4 Å². The number of ether oxygens (including phenoxy) is 1. The molecule has 7 heteroatoms. The third kappa shape index (κ3) is 4.50. The summed E-state index contributed by atoms with van der Waals surface area (Å²) in [5.74, 6) is 0.465. The number of aromatic amines is 1. The summed E-state index contributed by atoms with van der Waals surface area (Å²) in [6.45, 7) is 6.00. The first-order chi connectivity index (χ1) is 14.1. The zero-order chi connectivity index (χ0) is 20.2. The van der Waals surface area contributed by atoms with E-state index in [0.717, 1.165) is 43.6 Å². The number of fused-ring (bicyclic) bond motifs is 1. The summed E-state index contributed by atoms with van der Waals surface area (Å²) in [4.78, 5) is 36.8. The molecule has 3 heterocycles. The summed E-state index contributed by atoms with van der Waals surface area (Å²) in [5.41, 5.74) is 2.88. The minimum atomic E-state index is -0.113. The smallest absolute Gasteiger partial charge is 0.309 e. The molecule has 2 aliphatic rings. The topological polar surface area (TPSA) is 78.5 Å². The second kappa shape index (κ2) is 8.78. The van der Waals surface area contributed by atoms with Crippen LogP contribution < -0.4 is 10.5 Å². The van der Waals surface area contributed by atoms with Gasteiger partial charge in [-0.05, 0) is 25.3 Å². The van der Waals surface area contributed by atoms with Crippen molar-refractivity contribution in [1.29, 1.82) is 0 Å². The number of nitrogens with one attached hydrogen (secondary N) is 1. The highest BCUT2D eigenvalue weighted by atomic mass is 16.5. The highest BCUT2D eigenvalue weighted by Gasteiger charge is 2.28. The largest absolute Gasteiger partial charge is 0.466 e. The van der Waals surface area contributed by atoms with Crippen molar-refractivity contribution >= 4 is 11.9 Å². The van der Waals surface area contributed by atoms with E-state index in [9.17, 15) is 9.59 Å². The average Bonchev–Trinajstić information content (AvgIpc) is 2.75. The van der Waals surface area contributed by atoms with Crippen LogP contribution in [0.1, 0.15) is 36.6 Å². The van der Waals surface area contributed by atoms with Gasteiger partial charge in [-0.1, -0.05) is 30.3 Å². The van der Waals surface area contributed by atoms with Crippen LogP contribution in [0.5, 0.6) is 0 Å². The molecule has 0 bridgehead atoms. The molecule has 1 aromatic carbocycles. The van der Waals surface area contributed by atoms with Crippen molar-refractivity contribution in [2.75, 3.05) is 31.1 Å². The van der Waals surface area contributed by atoms with Gasteiger partial charge in [-0.2, -0.15) is 0 Å². The average molecular weight is 396 g/mol. The van der Waals surface area contributed by atoms with Crippen LogP contribution in [0.2, 0.25) is 0 Å². The monoisotopic (exact) mass is 396 g/mol. The Bertz CT molecular complexity index is 904. The fraction of sp³-hybridized carbons (Fsp3) is 0.500. The predicted molar refractivity (Wildman–Crippen MR) is 111 cm³/mol. The maximum Gasteiger partial charge on any atom is 0.309 e. The Balaban J connectivity index is 1.42. The number of H-pyrrole nitrogens is 1. The lowest BCUT2D eigenvalue weighted by Crippen LogP contribution is -2.40. The van der Waals surface area contributed by atoms with Gasteiger partial charge in [0.2, 0.25) is 5.95 Å². The van der Waals surface area contributed by atoms with E-state index >= 15 is 0 Å². The lowest BCUT2D eigenvalue weighted by molar-refractivity contribution is -0.148. The number of aromatic nitrogens is 2. The molecule has 2 aromatic rings. The summed E-state index contributed by atoms with van der Waals surface area (Å²) in [6.07, 6.45) is 2.23. The Morgan fingerprint density at radius 3 is 2.69 bits per heavy atom. The van der Waals surface area contributed by atoms with Crippen molar-refractivity contribution in [2.45, 2.75) is 39.3 Å². The predicted octanol–water partition coefficient (Wildman–Crippen LogP) is 2.11. The van der Waals surface area contributed by atoms with Crippen molar-refractivity contribution in [2.24, 2.45) is 5.92 Å². The number of benzene rings is 1. The maximum atomic E-state index is 12.8. The second-order valence-electron chi connectivity index (χ2n) is 7.77. The number of esters is 1. The molecular formula is C22H28N4O3. The van der Waals surface area contributed by atoms with Crippen LogP contribution >= 0.6 is 0 Å². The molecule has 1 saturated heterocycles. The lowest BCUT2D eigenvalue weighted by atomic mass is 9.97. The SMILES string of the molecule is CCOC(=O)C1CCN(c2nc3c(c(=O)[nH]2)CN(Cc2ccccc2)CC3)CC1. The molecule has 4 rings (SSSR count). The molecule has 1 N–H and O–H groups in total. The Labute approximate surface area is 170 Å². The Hall–Kier alpha value is -2.67. The molecule has 1 fully saturated rings. The third-order valence-electron chi connectivity index (χ3n) is 5.80. The number of piperidine rings is 1. The van der Waals surface area contributed by atoms with Gasteiger partial charge in [0.1, 0.15) is 0 Å². The molecule has 0 spiro atoms. The minimum absolute atomic E-state index is 0.0460. The summed E-state index contributed by atoms with van der Waals surface area (Å²) in [6, 6.07) is 10.3. The van der Waals surface area contributed by atoms with E-state index in [0.29, 0.717) is 32.2 Å². The molecule has 0 amide bonds. The van der Waals surface area contributed by atoms with Gasteiger partial charge in [0.25, 0.3) is 5.56 Å². The van der Waals surface area contributed by atoms with Crippen LogP contribution in [0.15, 0.2) is 35.1 Å². The van der Waals surface area contributed by atoms with E-state index < -0.39 is 0 Å². The maximum absolute atomic E-state index is 12.8. The van der Waals surface area contributed by atoms with Crippen LogP contribution in [0, 0.1) is 5.92 Å². The van der Waals surface area contributed by atoms with Crippen LogP contribution in [0.25, 0.3) is 0 Å². The molecule has 2 aliphatic heterocycles. The molecule has 0 unspecified atom stereocenters. The van der Waals surface area contributed by atoms with Crippen LogP contribution in [-0.2, 0) is 29.0 Å². The lowest BCUT2D eigenvalue weighted by Gasteiger charge is -2.32. The highest BCUT2D eigenvalue weighted by molar-refractivity contribution is 5.72. The van der Waals surface area contributed by atoms with Crippen molar-refractivity contribution in [1.82, 2.24) is 14.9 Å². The van der Waals surface area contributed by atoms with E-state index in [1.165, 1.54) is 5.56 Å². The number of carbonyl (C=O) groups excluding carboxylic acids is 1. The van der Waals surface area contributed by atoms with Gasteiger partial charge in [0.05, 0.1) is 23.8 Å². The zero-order valence-electron chi connectivity index (χ0n) is 16.9. The van der Waals surface area contributed by atoms with E-state index in [2.05, 4.69) is 26.9 Å². The third-order valence-corrected chi connectivity index (χ3v) is 5.80. The fourth-order valence-corrected chi connectivity index (χ4v) is 4.18. The van der Waals surface area contributed by atoms with Gasteiger partial charge in [0.15, 0.2) is 0 Å². The quantitative estimate of drug-likeness (QED) is 0.780. The first-order valence-electron chi connectivity index (χ1n) is 10.4. The molecule has 154 valence electrons. The van der Waals surface area contributed by atoms with Gasteiger partial charge in [0, 0.05) is 39.1 Å². The normalized spacial score (nSPS) is 17.8. The zero-order valence-corrected chi connectivity index (χ0v) is 16.9. The van der Waals surface area contributed by atoms with Crippen LogP contribution in [-0.4, -0.2) is 47.1 Å². The number of hydrogen-bond acceptors (Lipinski definition) is 6. The van der Waals surface area contributed by atoms with Gasteiger partial charge >= 0.3 is 5.97 Å². The summed E-state index contributed by atoms with van der Waals surface area (Å²) in [5, 5.41) is 0. The van der Waals surface area contributed by atoms with Gasteiger partial charge in [-0.15, -0.1) is 0 Å². The van der Waals surface area contributed by atoms with E-state index in [4.69, 9.17) is 9.72 Å². The Morgan fingerprint density at radius 2 is 1.97 bits per heavy atom. The van der Waals surface area contributed by atoms with Crippen LogP contribution in [0.4, 0.5) is 5.95 Å². The molecule has 1 aromatic heterocycles. The first-order valence-corrected chi connectivity index (χ1v) is 10.4. The minimum Gasteiger partial charge on any atom is -0.466 e. The molecule has 0 radical (unpaired) electrons.